The first-order valence-corrected chi connectivity index (χ1v) is 12.0. The summed E-state index contributed by atoms with van der Waals surface area (Å²) in [6, 6.07) is -0.155. The minimum absolute atomic E-state index is 0.0206. The molecule has 0 aliphatic carbocycles. The van der Waals surface area contributed by atoms with Crippen LogP contribution in [0.4, 0.5) is 0 Å². The van der Waals surface area contributed by atoms with Crippen molar-refractivity contribution in [3.05, 3.63) is 0 Å². The van der Waals surface area contributed by atoms with E-state index >= 15 is 0 Å². The summed E-state index contributed by atoms with van der Waals surface area (Å²) in [4.78, 5) is 56.1. The molecule has 0 saturated carbocycles. The smallest absolute Gasteiger partial charge is 0.303 e. The third-order valence-electron chi connectivity index (χ3n) is 5.01. The first kappa shape index (κ1) is 32.9. The van der Waals surface area contributed by atoms with E-state index in [4.69, 9.17) is 5.11 Å². The maximum atomic E-state index is 11.7. The van der Waals surface area contributed by atoms with E-state index in [9.17, 15) is 24.0 Å². The quantitative estimate of drug-likeness (QED) is 0.334. The Balaban J connectivity index is 0. The number of carboxylic acids is 1. The Kier molecular flexibility index (Phi) is 18.2. The van der Waals surface area contributed by atoms with Crippen LogP contribution < -0.4 is 10.6 Å². The van der Waals surface area contributed by atoms with E-state index < -0.39 is 5.97 Å². The second kappa shape index (κ2) is 18.2. The Morgan fingerprint density at radius 2 is 1.12 bits per heavy atom. The number of carbonyl (C=O) groups is 5. The summed E-state index contributed by atoms with van der Waals surface area (Å²) in [5, 5.41) is 14.3. The van der Waals surface area contributed by atoms with Crippen LogP contribution in [0.15, 0.2) is 0 Å². The molecule has 2 amide bonds. The highest BCUT2D eigenvalue weighted by Gasteiger charge is 2.18. The number of carbonyl (C=O) groups excluding carboxylic acids is 4. The van der Waals surface area contributed by atoms with Crippen molar-refractivity contribution in [3.8, 4) is 0 Å². The average molecular weight is 471 g/mol. The number of amides is 2. The van der Waals surface area contributed by atoms with Crippen LogP contribution in [0, 0.1) is 23.7 Å². The van der Waals surface area contributed by atoms with E-state index in [-0.39, 0.29) is 66.4 Å². The standard InChI is InChI=1S/C14H25NO4.C11H21NO2/c1-9(2)11(5-8-14(18)19)15-13(17)7-6-12(16)10(3)4;1-8(2)7-12-11(14)6-5-10(13)9(3)4/h9-11H,5-8H2,1-4H3,(H,15,17)(H,18,19);8-9H,5-7H2,1-4H3,(H,12,14)/t11-;/m1./s1. The van der Waals surface area contributed by atoms with Gasteiger partial charge in [-0.2, -0.15) is 0 Å². The highest BCUT2D eigenvalue weighted by Crippen LogP contribution is 2.10. The summed E-state index contributed by atoms with van der Waals surface area (Å²) in [6.45, 7) is 16.0. The summed E-state index contributed by atoms with van der Waals surface area (Å²) in [7, 11) is 0. The van der Waals surface area contributed by atoms with Gasteiger partial charge in [0, 0.05) is 56.5 Å². The Bertz CT molecular complexity index is 626. The maximum absolute atomic E-state index is 11.7. The zero-order chi connectivity index (χ0) is 26.1. The van der Waals surface area contributed by atoms with Crippen molar-refractivity contribution in [1.29, 1.82) is 0 Å². The SMILES string of the molecule is CC(C)C(=O)CCC(=O)N[C@H](CCC(=O)O)C(C)C.CC(C)CNC(=O)CCC(=O)C(C)C. The average Bonchev–Trinajstić information content (AvgIpc) is 2.71. The van der Waals surface area contributed by atoms with E-state index in [0.717, 1.165) is 0 Å². The van der Waals surface area contributed by atoms with Gasteiger partial charge < -0.3 is 15.7 Å². The Morgan fingerprint density at radius 3 is 1.48 bits per heavy atom. The lowest BCUT2D eigenvalue weighted by atomic mass is 9.98. The zero-order valence-corrected chi connectivity index (χ0v) is 21.8. The molecule has 0 heterocycles. The molecule has 0 aromatic carbocycles. The fourth-order valence-electron chi connectivity index (χ4n) is 2.59. The van der Waals surface area contributed by atoms with Crippen LogP contribution in [0.5, 0.6) is 0 Å². The topological polar surface area (TPSA) is 130 Å². The fraction of sp³-hybridized carbons (Fsp3) is 0.800. The van der Waals surface area contributed by atoms with Crippen LogP contribution in [0.3, 0.4) is 0 Å². The molecule has 1 atom stereocenters. The first-order valence-electron chi connectivity index (χ1n) is 12.0. The molecule has 33 heavy (non-hydrogen) atoms. The molecule has 8 nitrogen and oxygen atoms in total. The van der Waals surface area contributed by atoms with Crippen LogP contribution >= 0.6 is 0 Å². The first-order chi connectivity index (χ1) is 15.2. The van der Waals surface area contributed by atoms with Gasteiger partial charge in [0.15, 0.2) is 0 Å². The molecule has 8 heteroatoms. The van der Waals surface area contributed by atoms with Gasteiger partial charge in [-0.05, 0) is 18.3 Å². The molecule has 0 aromatic heterocycles. The van der Waals surface area contributed by atoms with E-state index in [2.05, 4.69) is 10.6 Å². The number of carboxylic acid groups (broad SMARTS) is 1. The van der Waals surface area contributed by atoms with E-state index in [1.54, 1.807) is 0 Å². The number of aliphatic carboxylic acids is 1. The summed E-state index contributed by atoms with van der Waals surface area (Å²) in [5.74, 6) is -0.232. The molecule has 0 fully saturated rings. The van der Waals surface area contributed by atoms with Crippen LogP contribution in [0.2, 0.25) is 0 Å². The van der Waals surface area contributed by atoms with Gasteiger partial charge in [-0.1, -0.05) is 55.4 Å². The number of rotatable bonds is 15. The highest BCUT2D eigenvalue weighted by molar-refractivity contribution is 5.86. The lowest BCUT2D eigenvalue weighted by Crippen LogP contribution is -2.39. The second-order valence-corrected chi connectivity index (χ2v) is 9.79. The second-order valence-electron chi connectivity index (χ2n) is 9.79. The Hall–Kier alpha value is -2.25. The van der Waals surface area contributed by atoms with Crippen molar-refractivity contribution in [3.63, 3.8) is 0 Å². The summed E-state index contributed by atoms with van der Waals surface area (Å²) in [5.41, 5.74) is 0. The van der Waals surface area contributed by atoms with Crippen LogP contribution in [0.25, 0.3) is 0 Å². The molecule has 0 aliphatic rings. The third kappa shape index (κ3) is 20.1. The van der Waals surface area contributed by atoms with Crippen LogP contribution in [-0.4, -0.2) is 47.0 Å². The molecule has 0 aromatic rings. The molecule has 0 rings (SSSR count). The normalized spacial score (nSPS) is 11.8. The predicted octanol–water partition coefficient (Wildman–Crippen LogP) is 3.76. The van der Waals surface area contributed by atoms with E-state index in [0.29, 0.717) is 31.7 Å². The molecule has 0 radical (unpaired) electrons. The fourth-order valence-corrected chi connectivity index (χ4v) is 2.59. The van der Waals surface area contributed by atoms with Crippen molar-refractivity contribution in [2.24, 2.45) is 23.7 Å². The van der Waals surface area contributed by atoms with Gasteiger partial charge in [-0.15, -0.1) is 0 Å². The molecule has 0 bridgehead atoms. The van der Waals surface area contributed by atoms with Crippen molar-refractivity contribution in [2.75, 3.05) is 6.54 Å². The summed E-state index contributed by atoms with van der Waals surface area (Å²) in [6.07, 6.45) is 1.55. The number of nitrogens with one attached hydrogen (secondary N) is 2. The number of hydrogen-bond donors (Lipinski definition) is 3. The maximum Gasteiger partial charge on any atom is 0.303 e. The van der Waals surface area contributed by atoms with Gasteiger partial charge >= 0.3 is 5.97 Å². The molecule has 0 aliphatic heterocycles. The van der Waals surface area contributed by atoms with Gasteiger partial charge in [0.05, 0.1) is 0 Å². The monoisotopic (exact) mass is 470 g/mol. The summed E-state index contributed by atoms with van der Waals surface area (Å²) >= 11 is 0. The van der Waals surface area contributed by atoms with Gasteiger partial charge in [-0.25, -0.2) is 0 Å². The summed E-state index contributed by atoms with van der Waals surface area (Å²) < 4.78 is 0. The minimum atomic E-state index is -0.866. The van der Waals surface area contributed by atoms with E-state index in [1.807, 2.05) is 55.4 Å². The van der Waals surface area contributed by atoms with Crippen molar-refractivity contribution >= 4 is 29.4 Å². The number of Topliss-reactive ketones (excluding diaryl/α,β-unsaturated/α-hetero) is 2. The van der Waals surface area contributed by atoms with Crippen molar-refractivity contribution < 1.29 is 29.1 Å². The minimum Gasteiger partial charge on any atom is -0.481 e. The zero-order valence-electron chi connectivity index (χ0n) is 21.8. The number of hydrogen-bond acceptors (Lipinski definition) is 5. The van der Waals surface area contributed by atoms with Crippen molar-refractivity contribution in [2.45, 2.75) is 100.0 Å². The van der Waals surface area contributed by atoms with Crippen molar-refractivity contribution in [1.82, 2.24) is 10.6 Å². The van der Waals surface area contributed by atoms with Crippen LogP contribution in [0.1, 0.15) is 93.9 Å². The molecular formula is C25H46N2O6. The Labute approximate surface area is 199 Å². The lowest BCUT2D eigenvalue weighted by molar-refractivity contribution is -0.137. The lowest BCUT2D eigenvalue weighted by Gasteiger charge is -2.21. The molecule has 0 spiro atoms. The highest BCUT2D eigenvalue weighted by atomic mass is 16.4. The molecule has 3 N–H and O–H groups in total. The van der Waals surface area contributed by atoms with E-state index in [1.165, 1.54) is 0 Å². The molecule has 192 valence electrons. The predicted molar refractivity (Wildman–Crippen MR) is 130 cm³/mol. The number of ketones is 2. The molecular weight excluding hydrogens is 424 g/mol. The molecule has 0 unspecified atom stereocenters. The van der Waals surface area contributed by atoms with Gasteiger partial charge in [0.2, 0.25) is 11.8 Å². The third-order valence-corrected chi connectivity index (χ3v) is 5.01. The van der Waals surface area contributed by atoms with Crippen LogP contribution in [-0.2, 0) is 24.0 Å². The van der Waals surface area contributed by atoms with Gasteiger partial charge in [0.25, 0.3) is 0 Å². The van der Waals surface area contributed by atoms with Gasteiger partial charge in [-0.3, -0.25) is 24.0 Å². The van der Waals surface area contributed by atoms with Gasteiger partial charge in [0.1, 0.15) is 11.6 Å². The molecule has 0 saturated heterocycles. The Morgan fingerprint density at radius 1 is 0.667 bits per heavy atom. The largest absolute Gasteiger partial charge is 0.481 e.